The summed E-state index contributed by atoms with van der Waals surface area (Å²) in [5.74, 6) is 1.44. The molecule has 2 unspecified atom stereocenters. The summed E-state index contributed by atoms with van der Waals surface area (Å²) in [7, 11) is 0. The highest BCUT2D eigenvalue weighted by molar-refractivity contribution is 5.29. The van der Waals surface area contributed by atoms with Gasteiger partial charge in [-0.25, -0.2) is 0 Å². The Morgan fingerprint density at radius 1 is 0.900 bits per heavy atom. The van der Waals surface area contributed by atoms with Crippen molar-refractivity contribution >= 4 is 0 Å². The quantitative estimate of drug-likeness (QED) is 0.771. The number of aryl methyl sites for hydroxylation is 1. The highest BCUT2D eigenvalue weighted by Gasteiger charge is 2.15. The van der Waals surface area contributed by atoms with Crippen molar-refractivity contribution in [1.82, 2.24) is 0 Å². The van der Waals surface area contributed by atoms with E-state index >= 15 is 0 Å². The van der Waals surface area contributed by atoms with Crippen molar-refractivity contribution in [3.05, 3.63) is 65.2 Å². The van der Waals surface area contributed by atoms with E-state index in [1.807, 2.05) is 12.1 Å². The van der Waals surface area contributed by atoms with Gasteiger partial charge in [0.2, 0.25) is 0 Å². The van der Waals surface area contributed by atoms with E-state index in [0.717, 1.165) is 12.8 Å². The zero-order valence-corrected chi connectivity index (χ0v) is 12.6. The fourth-order valence-electron chi connectivity index (χ4n) is 2.74. The van der Waals surface area contributed by atoms with Crippen LogP contribution in [0.2, 0.25) is 0 Å². The summed E-state index contributed by atoms with van der Waals surface area (Å²) in [6.07, 6.45) is 2.27. The first-order valence-corrected chi connectivity index (χ1v) is 7.45. The molecule has 0 bridgehead atoms. The number of aromatic hydroxyl groups is 1. The molecule has 0 saturated heterocycles. The third-order valence-corrected chi connectivity index (χ3v) is 4.14. The Morgan fingerprint density at radius 3 is 2.00 bits per heavy atom. The summed E-state index contributed by atoms with van der Waals surface area (Å²) in [5, 5.41) is 9.40. The van der Waals surface area contributed by atoms with Crippen LogP contribution in [0.3, 0.4) is 0 Å². The van der Waals surface area contributed by atoms with Gasteiger partial charge in [-0.3, -0.25) is 0 Å². The molecule has 1 heteroatoms. The van der Waals surface area contributed by atoms with Crippen LogP contribution in [0.4, 0.5) is 0 Å². The van der Waals surface area contributed by atoms with Gasteiger partial charge in [-0.2, -0.15) is 0 Å². The average molecular weight is 268 g/mol. The molecule has 2 aromatic rings. The second-order valence-electron chi connectivity index (χ2n) is 5.74. The zero-order valence-electron chi connectivity index (χ0n) is 12.6. The first kappa shape index (κ1) is 14.6. The van der Waals surface area contributed by atoms with E-state index in [-0.39, 0.29) is 0 Å². The summed E-state index contributed by atoms with van der Waals surface area (Å²) in [5.41, 5.74) is 4.05. The lowest BCUT2D eigenvalue weighted by atomic mass is 9.84. The van der Waals surface area contributed by atoms with Crippen LogP contribution < -0.4 is 0 Å². The molecule has 0 spiro atoms. The fraction of sp³-hybridized carbons (Fsp3) is 0.368. The summed E-state index contributed by atoms with van der Waals surface area (Å²) in [6, 6.07) is 16.5. The van der Waals surface area contributed by atoms with Crippen molar-refractivity contribution in [2.45, 2.75) is 45.4 Å². The van der Waals surface area contributed by atoms with E-state index in [1.165, 1.54) is 16.7 Å². The number of hydrogen-bond acceptors (Lipinski definition) is 1. The molecule has 0 aliphatic rings. The smallest absolute Gasteiger partial charge is 0.115 e. The van der Waals surface area contributed by atoms with Gasteiger partial charge in [0.05, 0.1) is 0 Å². The van der Waals surface area contributed by atoms with Gasteiger partial charge in [0.15, 0.2) is 0 Å². The van der Waals surface area contributed by atoms with Crippen molar-refractivity contribution < 1.29 is 5.11 Å². The standard InChI is InChI=1S/C19H24O/c1-4-16(18-9-11-19(20)12-10-18)13-15(3)17-7-5-14(2)6-8-17/h5-12,15-16,20H,4,13H2,1-3H3. The Kier molecular flexibility index (Phi) is 4.84. The minimum atomic E-state index is 0.343. The number of rotatable bonds is 5. The van der Waals surface area contributed by atoms with Crippen LogP contribution >= 0.6 is 0 Å². The van der Waals surface area contributed by atoms with Gasteiger partial charge in [-0.1, -0.05) is 55.8 Å². The summed E-state index contributed by atoms with van der Waals surface area (Å²) < 4.78 is 0. The van der Waals surface area contributed by atoms with Gasteiger partial charge >= 0.3 is 0 Å². The molecule has 0 heterocycles. The van der Waals surface area contributed by atoms with Crippen molar-refractivity contribution in [2.75, 3.05) is 0 Å². The monoisotopic (exact) mass is 268 g/mol. The number of benzene rings is 2. The highest BCUT2D eigenvalue weighted by Crippen LogP contribution is 2.32. The molecule has 0 aliphatic carbocycles. The van der Waals surface area contributed by atoms with Crippen molar-refractivity contribution in [2.24, 2.45) is 0 Å². The first-order valence-electron chi connectivity index (χ1n) is 7.45. The maximum absolute atomic E-state index is 9.40. The molecule has 2 aromatic carbocycles. The van der Waals surface area contributed by atoms with Crippen LogP contribution in [-0.4, -0.2) is 5.11 Å². The van der Waals surface area contributed by atoms with Crippen LogP contribution in [0.15, 0.2) is 48.5 Å². The Hall–Kier alpha value is -1.76. The van der Waals surface area contributed by atoms with Gasteiger partial charge in [-0.15, -0.1) is 0 Å². The molecule has 0 radical (unpaired) electrons. The molecule has 2 atom stereocenters. The SMILES string of the molecule is CCC(CC(C)c1ccc(C)cc1)c1ccc(O)cc1. The van der Waals surface area contributed by atoms with Gasteiger partial charge in [0.25, 0.3) is 0 Å². The lowest BCUT2D eigenvalue weighted by Crippen LogP contribution is -2.03. The molecule has 106 valence electrons. The van der Waals surface area contributed by atoms with Gasteiger partial charge in [-0.05, 0) is 54.9 Å². The average Bonchev–Trinajstić information content (AvgIpc) is 2.46. The topological polar surface area (TPSA) is 20.2 Å². The maximum atomic E-state index is 9.40. The summed E-state index contributed by atoms with van der Waals surface area (Å²) in [6.45, 7) is 6.66. The van der Waals surface area contributed by atoms with Gasteiger partial charge < -0.3 is 5.11 Å². The second kappa shape index (κ2) is 6.60. The molecule has 0 aromatic heterocycles. The van der Waals surface area contributed by atoms with Crippen LogP contribution in [-0.2, 0) is 0 Å². The zero-order chi connectivity index (χ0) is 14.5. The third kappa shape index (κ3) is 3.63. The molecule has 2 rings (SSSR count). The Balaban J connectivity index is 2.09. The molecule has 1 N–H and O–H groups in total. The molecule has 0 fully saturated rings. The van der Waals surface area contributed by atoms with Crippen LogP contribution in [0.5, 0.6) is 5.75 Å². The van der Waals surface area contributed by atoms with E-state index in [4.69, 9.17) is 0 Å². The lowest BCUT2D eigenvalue weighted by molar-refractivity contribution is 0.474. The summed E-state index contributed by atoms with van der Waals surface area (Å²) >= 11 is 0. The largest absolute Gasteiger partial charge is 0.508 e. The normalized spacial score (nSPS) is 13.9. The van der Waals surface area contributed by atoms with Crippen LogP contribution in [0.1, 0.15) is 55.2 Å². The molecule has 20 heavy (non-hydrogen) atoms. The molecule has 0 saturated carbocycles. The van der Waals surface area contributed by atoms with Gasteiger partial charge in [0, 0.05) is 0 Å². The molecular weight excluding hydrogens is 244 g/mol. The summed E-state index contributed by atoms with van der Waals surface area (Å²) in [4.78, 5) is 0. The fourth-order valence-corrected chi connectivity index (χ4v) is 2.74. The van der Waals surface area contributed by atoms with Crippen molar-refractivity contribution in [1.29, 1.82) is 0 Å². The van der Waals surface area contributed by atoms with E-state index in [0.29, 0.717) is 17.6 Å². The number of phenols is 1. The molecule has 0 aliphatic heterocycles. The van der Waals surface area contributed by atoms with E-state index < -0.39 is 0 Å². The first-order chi connectivity index (χ1) is 9.60. The molecular formula is C19H24O. The molecule has 1 nitrogen and oxygen atoms in total. The second-order valence-corrected chi connectivity index (χ2v) is 5.74. The van der Waals surface area contributed by atoms with Crippen molar-refractivity contribution in [3.8, 4) is 5.75 Å². The van der Waals surface area contributed by atoms with E-state index in [1.54, 1.807) is 12.1 Å². The minimum absolute atomic E-state index is 0.343. The van der Waals surface area contributed by atoms with E-state index in [9.17, 15) is 5.11 Å². The lowest BCUT2D eigenvalue weighted by Gasteiger charge is -2.21. The van der Waals surface area contributed by atoms with Crippen molar-refractivity contribution in [3.63, 3.8) is 0 Å². The third-order valence-electron chi connectivity index (χ3n) is 4.14. The van der Waals surface area contributed by atoms with Crippen LogP contribution in [0.25, 0.3) is 0 Å². The Bertz CT molecular complexity index is 525. The Morgan fingerprint density at radius 2 is 1.45 bits per heavy atom. The van der Waals surface area contributed by atoms with Crippen LogP contribution in [0, 0.1) is 6.92 Å². The predicted octanol–water partition coefficient (Wildman–Crippen LogP) is 5.39. The molecule has 0 amide bonds. The van der Waals surface area contributed by atoms with Gasteiger partial charge in [0.1, 0.15) is 5.75 Å². The predicted molar refractivity (Wildman–Crippen MR) is 85.3 cm³/mol. The number of phenolic OH excluding ortho intramolecular Hbond substituents is 1. The Labute approximate surface area is 122 Å². The van der Waals surface area contributed by atoms with E-state index in [2.05, 4.69) is 45.0 Å². The number of hydrogen-bond donors (Lipinski definition) is 1. The highest BCUT2D eigenvalue weighted by atomic mass is 16.3. The minimum Gasteiger partial charge on any atom is -0.508 e. The maximum Gasteiger partial charge on any atom is 0.115 e.